The van der Waals surface area contributed by atoms with Gasteiger partial charge in [-0.15, -0.1) is 11.6 Å². The second-order valence-electron chi connectivity index (χ2n) is 8.22. The number of esters is 1. The summed E-state index contributed by atoms with van der Waals surface area (Å²) in [5.74, 6) is -0.825. The average molecular weight is 577 g/mol. The molecule has 0 aliphatic rings. The molecule has 0 aliphatic heterocycles. The van der Waals surface area contributed by atoms with Crippen molar-refractivity contribution in [2.45, 2.75) is 25.7 Å². The third-order valence-corrected chi connectivity index (χ3v) is 5.35. The fourth-order valence-corrected chi connectivity index (χ4v) is 3.23. The number of carbonyl (C=O) groups excluding carboxylic acids is 2. The molecule has 0 heterocycles. The molecule has 224 valence electrons. The Kier molecular flexibility index (Phi) is 25.3. The van der Waals surface area contributed by atoms with Gasteiger partial charge in [0, 0.05) is 18.1 Å². The molecule has 1 rings (SSSR count). The second-order valence-corrected chi connectivity index (χ2v) is 8.60. The van der Waals surface area contributed by atoms with Gasteiger partial charge in [-0.3, -0.25) is 4.79 Å². The minimum absolute atomic E-state index is 0.00536. The summed E-state index contributed by atoms with van der Waals surface area (Å²) in [5.41, 5.74) is 0.300. The van der Waals surface area contributed by atoms with Gasteiger partial charge < -0.3 is 37.9 Å². The first kappa shape index (κ1) is 35.4. The molecule has 10 nitrogen and oxygen atoms in total. The topological polar surface area (TPSA) is 108 Å². The average Bonchev–Trinajstić information content (AvgIpc) is 2.96. The van der Waals surface area contributed by atoms with Crippen LogP contribution in [0.5, 0.6) is 0 Å². The SMILES string of the molecule is O=C(OCCOCCOCCOCCOCCOCCOCCOCCCCCCCl)C(=O)c1ccccc1. The first-order valence-corrected chi connectivity index (χ1v) is 14.2. The largest absolute Gasteiger partial charge is 0.457 e. The van der Waals surface area contributed by atoms with E-state index in [1.807, 2.05) is 0 Å². The van der Waals surface area contributed by atoms with Gasteiger partial charge in [-0.1, -0.05) is 43.2 Å². The van der Waals surface area contributed by atoms with Crippen LogP contribution in [0.25, 0.3) is 0 Å². The van der Waals surface area contributed by atoms with Gasteiger partial charge >= 0.3 is 5.97 Å². The van der Waals surface area contributed by atoms with Crippen LogP contribution < -0.4 is 0 Å². The van der Waals surface area contributed by atoms with Gasteiger partial charge in [0.1, 0.15) is 6.61 Å². The lowest BCUT2D eigenvalue weighted by atomic mass is 10.1. The molecule has 0 saturated heterocycles. The normalized spacial score (nSPS) is 11.1. The van der Waals surface area contributed by atoms with Crippen LogP contribution in [-0.4, -0.2) is 117 Å². The van der Waals surface area contributed by atoms with E-state index in [4.69, 9.17) is 49.5 Å². The van der Waals surface area contributed by atoms with Crippen molar-refractivity contribution in [1.82, 2.24) is 0 Å². The van der Waals surface area contributed by atoms with Crippen LogP contribution in [0.15, 0.2) is 30.3 Å². The number of ether oxygens (including phenoxy) is 8. The lowest BCUT2D eigenvalue weighted by Crippen LogP contribution is -2.20. The van der Waals surface area contributed by atoms with Crippen LogP contribution >= 0.6 is 11.6 Å². The standard InChI is InChI=1S/C28H45ClO10/c29-10-6-1-2-7-11-32-12-13-33-14-15-34-16-17-35-18-19-36-20-21-37-22-23-38-24-25-39-28(31)27(30)26-8-4-3-5-9-26/h3-5,8-9H,1-2,6-7,10-25H2. The van der Waals surface area contributed by atoms with Crippen LogP contribution in [0.1, 0.15) is 36.0 Å². The number of carbonyl (C=O) groups is 2. The molecule has 0 bridgehead atoms. The van der Waals surface area contributed by atoms with Crippen molar-refractivity contribution in [2.75, 3.05) is 105 Å². The second kappa shape index (κ2) is 27.9. The van der Waals surface area contributed by atoms with Crippen LogP contribution in [0.2, 0.25) is 0 Å². The van der Waals surface area contributed by atoms with Crippen molar-refractivity contribution in [3.8, 4) is 0 Å². The van der Waals surface area contributed by atoms with E-state index in [2.05, 4.69) is 0 Å². The molecule has 0 atom stereocenters. The van der Waals surface area contributed by atoms with E-state index >= 15 is 0 Å². The van der Waals surface area contributed by atoms with Crippen molar-refractivity contribution in [2.24, 2.45) is 0 Å². The summed E-state index contributed by atoms with van der Waals surface area (Å²) in [6.45, 7) is 6.81. The van der Waals surface area contributed by atoms with Crippen molar-refractivity contribution < 1.29 is 47.5 Å². The molecular formula is C28H45ClO10. The number of hydrogen-bond acceptors (Lipinski definition) is 10. The van der Waals surface area contributed by atoms with Gasteiger partial charge in [-0.05, 0) is 12.8 Å². The zero-order valence-corrected chi connectivity index (χ0v) is 23.7. The monoisotopic (exact) mass is 576 g/mol. The maximum absolute atomic E-state index is 11.9. The van der Waals surface area contributed by atoms with Gasteiger partial charge in [0.25, 0.3) is 5.78 Å². The summed E-state index contributed by atoms with van der Waals surface area (Å²) in [6, 6.07) is 8.27. The zero-order valence-electron chi connectivity index (χ0n) is 23.0. The van der Waals surface area contributed by atoms with E-state index in [-0.39, 0.29) is 13.2 Å². The third-order valence-electron chi connectivity index (χ3n) is 5.09. The molecule has 0 spiro atoms. The molecule has 1 aromatic carbocycles. The number of alkyl halides is 1. The molecule has 39 heavy (non-hydrogen) atoms. The Labute approximate surface area is 237 Å². The predicted molar refractivity (Wildman–Crippen MR) is 147 cm³/mol. The zero-order chi connectivity index (χ0) is 28.1. The Morgan fingerprint density at radius 1 is 0.487 bits per heavy atom. The third kappa shape index (κ3) is 22.8. The summed E-state index contributed by atoms with van der Waals surface area (Å²) in [5, 5.41) is 0. The van der Waals surface area contributed by atoms with E-state index in [0.717, 1.165) is 38.2 Å². The number of rotatable bonds is 29. The number of ketones is 1. The van der Waals surface area contributed by atoms with E-state index in [9.17, 15) is 9.59 Å². The molecule has 1 aromatic rings. The summed E-state index contributed by atoms with van der Waals surface area (Å²) in [6.07, 6.45) is 4.47. The number of Topliss-reactive ketones (excluding diaryl/α,β-unsaturated/α-hetero) is 1. The maximum Gasteiger partial charge on any atom is 0.379 e. The van der Waals surface area contributed by atoms with E-state index in [0.29, 0.717) is 84.8 Å². The van der Waals surface area contributed by atoms with Gasteiger partial charge in [0.15, 0.2) is 0 Å². The maximum atomic E-state index is 11.9. The summed E-state index contributed by atoms with van der Waals surface area (Å²) >= 11 is 5.64. The van der Waals surface area contributed by atoms with Crippen molar-refractivity contribution in [3.05, 3.63) is 35.9 Å². The smallest absolute Gasteiger partial charge is 0.379 e. The van der Waals surface area contributed by atoms with Gasteiger partial charge in [-0.2, -0.15) is 0 Å². The van der Waals surface area contributed by atoms with Crippen LogP contribution in [0, 0.1) is 0 Å². The Morgan fingerprint density at radius 2 is 0.872 bits per heavy atom. The number of halogens is 1. The summed E-state index contributed by atoms with van der Waals surface area (Å²) in [7, 11) is 0. The highest BCUT2D eigenvalue weighted by Crippen LogP contribution is 2.02. The molecule has 0 fully saturated rings. The minimum atomic E-state index is -0.891. The molecule has 0 aliphatic carbocycles. The molecule has 0 N–H and O–H groups in total. The van der Waals surface area contributed by atoms with Crippen LogP contribution in [0.3, 0.4) is 0 Å². The highest BCUT2D eigenvalue weighted by atomic mass is 35.5. The quantitative estimate of drug-likeness (QED) is 0.0463. The van der Waals surface area contributed by atoms with Crippen molar-refractivity contribution in [1.29, 1.82) is 0 Å². The van der Waals surface area contributed by atoms with E-state index in [1.165, 1.54) is 0 Å². The number of benzene rings is 1. The van der Waals surface area contributed by atoms with Crippen molar-refractivity contribution in [3.63, 3.8) is 0 Å². The first-order chi connectivity index (χ1) is 19.3. The molecule has 0 amide bonds. The van der Waals surface area contributed by atoms with Gasteiger partial charge in [-0.25, -0.2) is 4.79 Å². The molecular weight excluding hydrogens is 532 g/mol. The van der Waals surface area contributed by atoms with E-state index < -0.39 is 11.8 Å². The van der Waals surface area contributed by atoms with E-state index in [1.54, 1.807) is 30.3 Å². The minimum Gasteiger partial charge on any atom is -0.457 e. The predicted octanol–water partition coefficient (Wildman–Crippen LogP) is 3.33. The molecule has 0 radical (unpaired) electrons. The molecule has 0 aromatic heterocycles. The van der Waals surface area contributed by atoms with Gasteiger partial charge in [0.2, 0.25) is 0 Å². The fourth-order valence-electron chi connectivity index (χ4n) is 3.04. The fraction of sp³-hybridized carbons (Fsp3) is 0.714. The Morgan fingerprint density at radius 3 is 1.31 bits per heavy atom. The Balaban J connectivity index is 1.70. The van der Waals surface area contributed by atoms with Crippen LogP contribution in [0.4, 0.5) is 0 Å². The first-order valence-electron chi connectivity index (χ1n) is 13.6. The summed E-state index contributed by atoms with van der Waals surface area (Å²) < 4.78 is 42.9. The molecule has 0 unspecified atom stereocenters. The highest BCUT2D eigenvalue weighted by molar-refractivity contribution is 6.40. The lowest BCUT2D eigenvalue weighted by Gasteiger charge is -2.08. The Hall–Kier alpha value is -1.63. The molecule has 11 heteroatoms. The summed E-state index contributed by atoms with van der Waals surface area (Å²) in [4.78, 5) is 23.5. The Bertz CT molecular complexity index is 692. The van der Waals surface area contributed by atoms with Crippen LogP contribution in [-0.2, 0) is 42.7 Å². The number of hydrogen-bond donors (Lipinski definition) is 0. The lowest BCUT2D eigenvalue weighted by molar-refractivity contribution is -0.139. The molecule has 0 saturated carbocycles. The van der Waals surface area contributed by atoms with Gasteiger partial charge in [0.05, 0.1) is 85.9 Å². The highest BCUT2D eigenvalue weighted by Gasteiger charge is 2.17. The number of unbranched alkanes of at least 4 members (excludes halogenated alkanes) is 3. The van der Waals surface area contributed by atoms with Crippen molar-refractivity contribution >= 4 is 23.4 Å².